The number of hydrogen-bond donors (Lipinski definition) is 1. The van der Waals surface area contributed by atoms with Gasteiger partial charge in [-0.25, -0.2) is 21.2 Å². The summed E-state index contributed by atoms with van der Waals surface area (Å²) in [6.07, 6.45) is 0.0813. The Morgan fingerprint density at radius 3 is 2.34 bits per heavy atom. The maximum Gasteiger partial charge on any atom is 0.263 e. The molecular formula is C17H15ClFN3O4S3. The molecule has 29 heavy (non-hydrogen) atoms. The topological polar surface area (TPSA) is 106 Å². The minimum Gasteiger partial charge on any atom is -0.253 e. The molecule has 0 radical (unpaired) electrons. The van der Waals surface area contributed by atoms with Crippen LogP contribution in [0.25, 0.3) is 0 Å². The number of halogens is 2. The van der Waals surface area contributed by atoms with E-state index in [-0.39, 0.29) is 32.1 Å². The second-order valence-electron chi connectivity index (χ2n) is 6.06. The van der Waals surface area contributed by atoms with E-state index >= 15 is 0 Å². The third-order valence-electron chi connectivity index (χ3n) is 3.85. The van der Waals surface area contributed by atoms with E-state index in [4.69, 9.17) is 11.6 Å². The van der Waals surface area contributed by atoms with Gasteiger partial charge in [-0.3, -0.25) is 4.72 Å². The van der Waals surface area contributed by atoms with Crippen molar-refractivity contribution in [2.45, 2.75) is 23.1 Å². The second kappa shape index (κ2) is 8.34. The van der Waals surface area contributed by atoms with Crippen LogP contribution in [0, 0.1) is 12.7 Å². The summed E-state index contributed by atoms with van der Waals surface area (Å²) in [5, 5.41) is 7.55. The molecule has 1 aromatic heterocycles. The molecule has 1 heterocycles. The third-order valence-corrected chi connectivity index (χ3v) is 8.24. The van der Waals surface area contributed by atoms with Crippen LogP contribution in [0.4, 0.5) is 9.52 Å². The van der Waals surface area contributed by atoms with Crippen LogP contribution in [-0.4, -0.2) is 32.8 Å². The van der Waals surface area contributed by atoms with Gasteiger partial charge in [0.1, 0.15) is 10.8 Å². The molecule has 0 fully saturated rings. The SMILES string of the molecule is Cc1ccc(S(=O)(=O)CCc2nnc(NS(=O)(=O)c3ccc(F)c(Cl)c3)s2)cc1. The predicted octanol–water partition coefficient (Wildman–Crippen LogP) is 3.46. The van der Waals surface area contributed by atoms with Crippen LogP contribution in [-0.2, 0) is 26.3 Å². The fraction of sp³-hybridized carbons (Fsp3) is 0.176. The number of benzene rings is 2. The summed E-state index contributed by atoms with van der Waals surface area (Å²) in [5.74, 6) is -0.927. The van der Waals surface area contributed by atoms with Crippen LogP contribution in [0.2, 0.25) is 5.02 Å². The van der Waals surface area contributed by atoms with E-state index < -0.39 is 25.7 Å². The molecule has 154 valence electrons. The third kappa shape index (κ3) is 5.30. The van der Waals surface area contributed by atoms with Crippen LogP contribution < -0.4 is 4.72 Å². The Bertz CT molecular complexity index is 1240. The summed E-state index contributed by atoms with van der Waals surface area (Å²) < 4.78 is 65.0. The number of rotatable bonds is 7. The molecule has 0 aliphatic carbocycles. The molecule has 3 aromatic rings. The van der Waals surface area contributed by atoms with E-state index in [9.17, 15) is 21.2 Å². The largest absolute Gasteiger partial charge is 0.263 e. The fourth-order valence-electron chi connectivity index (χ4n) is 2.30. The van der Waals surface area contributed by atoms with Crippen molar-refractivity contribution in [2.75, 3.05) is 10.5 Å². The van der Waals surface area contributed by atoms with Crippen LogP contribution in [0.5, 0.6) is 0 Å². The highest BCUT2D eigenvalue weighted by atomic mass is 35.5. The number of sulfone groups is 1. The number of nitrogens with zero attached hydrogens (tertiary/aromatic N) is 2. The van der Waals surface area contributed by atoms with Gasteiger partial charge in [-0.1, -0.05) is 40.6 Å². The van der Waals surface area contributed by atoms with Crippen molar-refractivity contribution < 1.29 is 21.2 Å². The highest BCUT2D eigenvalue weighted by Crippen LogP contribution is 2.24. The van der Waals surface area contributed by atoms with E-state index in [1.165, 1.54) is 12.1 Å². The van der Waals surface area contributed by atoms with Gasteiger partial charge in [-0.05, 0) is 37.3 Å². The van der Waals surface area contributed by atoms with Crippen LogP contribution >= 0.6 is 22.9 Å². The lowest BCUT2D eigenvalue weighted by Crippen LogP contribution is -2.12. The smallest absolute Gasteiger partial charge is 0.253 e. The summed E-state index contributed by atoms with van der Waals surface area (Å²) in [7, 11) is -7.54. The van der Waals surface area contributed by atoms with Gasteiger partial charge in [0, 0.05) is 6.42 Å². The Kier molecular flexibility index (Phi) is 6.22. The number of hydrogen-bond acceptors (Lipinski definition) is 7. The number of aryl methyl sites for hydroxylation is 2. The van der Waals surface area contributed by atoms with Gasteiger partial charge in [0.25, 0.3) is 10.0 Å². The first-order valence-corrected chi connectivity index (χ1v) is 12.5. The first kappa shape index (κ1) is 21.6. The molecular weight excluding hydrogens is 461 g/mol. The molecule has 3 rings (SSSR count). The minimum atomic E-state index is -4.04. The summed E-state index contributed by atoms with van der Waals surface area (Å²) in [6.45, 7) is 1.86. The number of sulfonamides is 1. The van der Waals surface area contributed by atoms with Gasteiger partial charge in [-0.15, -0.1) is 10.2 Å². The van der Waals surface area contributed by atoms with Crippen LogP contribution in [0.3, 0.4) is 0 Å². The zero-order chi connectivity index (χ0) is 21.2. The van der Waals surface area contributed by atoms with Crippen molar-refractivity contribution in [1.29, 1.82) is 0 Å². The fourth-order valence-corrected chi connectivity index (χ4v) is 5.92. The quantitative estimate of drug-likeness (QED) is 0.561. The number of nitrogens with one attached hydrogen (secondary N) is 1. The first-order chi connectivity index (χ1) is 13.6. The lowest BCUT2D eigenvalue weighted by Gasteiger charge is -2.05. The molecule has 0 saturated heterocycles. The Morgan fingerprint density at radius 1 is 1.03 bits per heavy atom. The molecule has 12 heteroatoms. The standard InChI is InChI=1S/C17H15ClFN3O4S3/c1-11-2-4-12(5-3-11)28(23,24)9-8-16-20-21-17(27-16)22-29(25,26)13-6-7-15(19)14(18)10-13/h2-7,10H,8-9H2,1H3,(H,21,22). The molecule has 2 aromatic carbocycles. The van der Waals surface area contributed by atoms with Crippen LogP contribution in [0.15, 0.2) is 52.3 Å². The second-order valence-corrected chi connectivity index (χ2v) is 11.3. The molecule has 0 amide bonds. The van der Waals surface area contributed by atoms with Crippen molar-refractivity contribution in [3.05, 3.63) is 63.9 Å². The lowest BCUT2D eigenvalue weighted by atomic mass is 10.2. The maximum absolute atomic E-state index is 13.2. The molecule has 0 aliphatic heterocycles. The lowest BCUT2D eigenvalue weighted by molar-refractivity contribution is 0.594. The maximum atomic E-state index is 13.2. The van der Waals surface area contributed by atoms with Crippen LogP contribution in [0.1, 0.15) is 10.6 Å². The van der Waals surface area contributed by atoms with Gasteiger partial charge >= 0.3 is 0 Å². The van der Waals surface area contributed by atoms with E-state index in [0.717, 1.165) is 35.1 Å². The summed E-state index contributed by atoms with van der Waals surface area (Å²) in [5.41, 5.74) is 0.951. The average molecular weight is 476 g/mol. The van der Waals surface area contributed by atoms with Crippen molar-refractivity contribution in [3.8, 4) is 0 Å². The van der Waals surface area contributed by atoms with E-state index in [1.807, 2.05) is 6.92 Å². The van der Waals surface area contributed by atoms with E-state index in [1.54, 1.807) is 12.1 Å². The van der Waals surface area contributed by atoms with Gasteiger partial charge < -0.3 is 0 Å². The molecule has 0 spiro atoms. The number of aromatic nitrogens is 2. The zero-order valence-corrected chi connectivity index (χ0v) is 18.2. The zero-order valence-electron chi connectivity index (χ0n) is 15.0. The summed E-state index contributed by atoms with van der Waals surface area (Å²) in [6, 6.07) is 9.50. The molecule has 0 bridgehead atoms. The van der Waals surface area contributed by atoms with E-state index in [2.05, 4.69) is 14.9 Å². The highest BCUT2D eigenvalue weighted by molar-refractivity contribution is 7.93. The van der Waals surface area contributed by atoms with Crippen molar-refractivity contribution in [2.24, 2.45) is 0 Å². The molecule has 1 N–H and O–H groups in total. The van der Waals surface area contributed by atoms with Crippen molar-refractivity contribution >= 4 is 47.9 Å². The number of anilines is 1. The van der Waals surface area contributed by atoms with Gasteiger partial charge in [0.2, 0.25) is 5.13 Å². The summed E-state index contributed by atoms with van der Waals surface area (Å²) >= 11 is 6.54. The molecule has 0 aliphatic rings. The predicted molar refractivity (Wildman–Crippen MR) is 109 cm³/mol. The monoisotopic (exact) mass is 475 g/mol. The molecule has 0 unspecified atom stereocenters. The van der Waals surface area contributed by atoms with Crippen molar-refractivity contribution in [3.63, 3.8) is 0 Å². The first-order valence-electron chi connectivity index (χ1n) is 8.16. The van der Waals surface area contributed by atoms with Crippen molar-refractivity contribution in [1.82, 2.24) is 10.2 Å². The highest BCUT2D eigenvalue weighted by Gasteiger charge is 2.20. The molecule has 0 atom stereocenters. The van der Waals surface area contributed by atoms with Gasteiger partial charge in [-0.2, -0.15) is 0 Å². The average Bonchev–Trinajstić information content (AvgIpc) is 3.09. The minimum absolute atomic E-state index is 0.0341. The van der Waals surface area contributed by atoms with Gasteiger partial charge in [0.15, 0.2) is 9.84 Å². The van der Waals surface area contributed by atoms with Gasteiger partial charge in [0.05, 0.1) is 20.6 Å². The Labute approximate surface area is 176 Å². The Hall–Kier alpha value is -2.08. The molecule has 0 saturated carbocycles. The normalized spacial score (nSPS) is 12.1. The van der Waals surface area contributed by atoms with E-state index in [0.29, 0.717) is 5.01 Å². The Morgan fingerprint density at radius 2 is 1.69 bits per heavy atom. The summed E-state index contributed by atoms with van der Waals surface area (Å²) in [4.78, 5) is -0.0238. The molecule has 7 nitrogen and oxygen atoms in total. The Balaban J connectivity index is 1.69.